The number of esters is 1. The topological polar surface area (TPSA) is 65.0 Å². The van der Waals surface area contributed by atoms with Crippen molar-refractivity contribution in [2.45, 2.75) is 6.10 Å². The fourth-order valence-corrected chi connectivity index (χ4v) is 1.35. The van der Waals surface area contributed by atoms with Crippen LogP contribution < -0.4 is 9.47 Å². The maximum absolute atomic E-state index is 11.5. The molecule has 0 spiro atoms. The van der Waals surface area contributed by atoms with Crippen molar-refractivity contribution >= 4 is 17.6 Å². The number of ether oxygens (including phenoxy) is 3. The molecule has 6 heteroatoms. The highest BCUT2D eigenvalue weighted by Gasteiger charge is 2.15. The van der Waals surface area contributed by atoms with E-state index in [1.165, 1.54) is 20.3 Å². The molecule has 0 aliphatic carbocycles. The maximum atomic E-state index is 11.5. The van der Waals surface area contributed by atoms with Gasteiger partial charge in [-0.05, 0) is 12.1 Å². The van der Waals surface area contributed by atoms with Gasteiger partial charge in [0, 0.05) is 6.07 Å². The van der Waals surface area contributed by atoms with Crippen molar-refractivity contribution in [2.75, 3.05) is 26.7 Å². The number of carbonyl (C=O) groups is 1. The molecule has 0 saturated carbocycles. The third kappa shape index (κ3) is 3.78. The number of benzene rings is 1. The minimum Gasteiger partial charge on any atom is -0.497 e. The van der Waals surface area contributed by atoms with Gasteiger partial charge in [-0.3, -0.25) is 0 Å². The summed E-state index contributed by atoms with van der Waals surface area (Å²) in [4.78, 5) is 11.5. The predicted octanol–water partition coefficient (Wildman–Crippen LogP) is 1.46. The van der Waals surface area contributed by atoms with E-state index in [2.05, 4.69) is 4.74 Å². The van der Waals surface area contributed by atoms with E-state index < -0.39 is 12.1 Å². The molecule has 1 aromatic carbocycles. The van der Waals surface area contributed by atoms with Gasteiger partial charge in [-0.2, -0.15) is 0 Å². The molecule has 1 aromatic rings. The summed E-state index contributed by atoms with van der Waals surface area (Å²) >= 11 is 5.46. The third-order valence-electron chi connectivity index (χ3n) is 2.20. The quantitative estimate of drug-likeness (QED) is 0.628. The smallest absolute Gasteiger partial charge is 0.341 e. The van der Waals surface area contributed by atoms with E-state index in [9.17, 15) is 9.90 Å². The Morgan fingerprint density at radius 1 is 1.44 bits per heavy atom. The summed E-state index contributed by atoms with van der Waals surface area (Å²) in [6, 6.07) is 4.71. The molecule has 18 heavy (non-hydrogen) atoms. The number of alkyl halides is 1. The van der Waals surface area contributed by atoms with Crippen molar-refractivity contribution in [3.8, 4) is 11.5 Å². The zero-order chi connectivity index (χ0) is 13.5. The van der Waals surface area contributed by atoms with Crippen molar-refractivity contribution in [1.29, 1.82) is 0 Å². The number of rotatable bonds is 6. The van der Waals surface area contributed by atoms with Crippen LogP contribution in [0.3, 0.4) is 0 Å². The zero-order valence-electron chi connectivity index (χ0n) is 10.2. The van der Waals surface area contributed by atoms with E-state index in [0.717, 1.165) is 0 Å². The monoisotopic (exact) mass is 274 g/mol. The molecule has 0 heterocycles. The largest absolute Gasteiger partial charge is 0.497 e. The van der Waals surface area contributed by atoms with Gasteiger partial charge in [0.25, 0.3) is 0 Å². The van der Waals surface area contributed by atoms with Gasteiger partial charge in [0.2, 0.25) is 0 Å². The second kappa shape index (κ2) is 7.08. The summed E-state index contributed by atoms with van der Waals surface area (Å²) in [6.45, 7) is -0.0132. The Morgan fingerprint density at radius 2 is 2.17 bits per heavy atom. The lowest BCUT2D eigenvalue weighted by molar-refractivity contribution is 0.0591. The first-order valence-corrected chi connectivity index (χ1v) is 5.79. The summed E-state index contributed by atoms with van der Waals surface area (Å²) in [5.41, 5.74) is 0.264. The minimum atomic E-state index is -0.802. The van der Waals surface area contributed by atoms with Crippen LogP contribution in [-0.2, 0) is 4.74 Å². The molecule has 1 unspecified atom stereocenters. The average Bonchev–Trinajstić information content (AvgIpc) is 2.43. The molecular formula is C12H15ClO5. The second-order valence-corrected chi connectivity index (χ2v) is 3.78. The average molecular weight is 275 g/mol. The van der Waals surface area contributed by atoms with Crippen LogP contribution in [0, 0.1) is 0 Å². The standard InChI is InChI=1S/C12H15ClO5/c1-16-9-3-4-10(12(15)17-2)11(5-9)18-7-8(14)6-13/h3-5,8,14H,6-7H2,1-2H3. The summed E-state index contributed by atoms with van der Waals surface area (Å²) in [5.74, 6) is 0.355. The number of halogens is 1. The van der Waals surface area contributed by atoms with Crippen LogP contribution in [-0.4, -0.2) is 43.9 Å². The fraction of sp³-hybridized carbons (Fsp3) is 0.417. The lowest BCUT2D eigenvalue weighted by Crippen LogP contribution is -2.20. The highest BCUT2D eigenvalue weighted by molar-refractivity contribution is 6.18. The first-order chi connectivity index (χ1) is 8.62. The molecule has 100 valence electrons. The maximum Gasteiger partial charge on any atom is 0.341 e. The van der Waals surface area contributed by atoms with Crippen LogP contribution in [0.1, 0.15) is 10.4 Å². The molecule has 0 amide bonds. The summed E-state index contributed by atoms with van der Waals surface area (Å²) in [6.07, 6.45) is -0.802. The van der Waals surface area contributed by atoms with Crippen LogP contribution in [0.2, 0.25) is 0 Å². The predicted molar refractivity (Wildman–Crippen MR) is 66.6 cm³/mol. The van der Waals surface area contributed by atoms with E-state index >= 15 is 0 Å². The summed E-state index contributed by atoms with van der Waals surface area (Å²) in [5, 5.41) is 9.33. The van der Waals surface area contributed by atoms with Crippen LogP contribution in [0.15, 0.2) is 18.2 Å². The highest BCUT2D eigenvalue weighted by atomic mass is 35.5. The number of hydrogen-bond donors (Lipinski definition) is 1. The molecule has 0 fully saturated rings. The van der Waals surface area contributed by atoms with Gasteiger partial charge in [-0.15, -0.1) is 11.6 Å². The fourth-order valence-electron chi connectivity index (χ4n) is 1.26. The van der Waals surface area contributed by atoms with Gasteiger partial charge >= 0.3 is 5.97 Å². The van der Waals surface area contributed by atoms with E-state index in [4.69, 9.17) is 21.1 Å². The van der Waals surface area contributed by atoms with Gasteiger partial charge in [-0.25, -0.2) is 4.79 Å². The van der Waals surface area contributed by atoms with Gasteiger partial charge in [-0.1, -0.05) is 0 Å². The lowest BCUT2D eigenvalue weighted by Gasteiger charge is -2.13. The zero-order valence-corrected chi connectivity index (χ0v) is 10.9. The summed E-state index contributed by atoms with van der Waals surface area (Å²) < 4.78 is 15.0. The van der Waals surface area contributed by atoms with Crippen molar-refractivity contribution < 1.29 is 24.1 Å². The Kier molecular flexibility index (Phi) is 5.74. The molecule has 5 nitrogen and oxygen atoms in total. The third-order valence-corrected chi connectivity index (χ3v) is 2.56. The Labute approximate surface area is 110 Å². The van der Waals surface area contributed by atoms with E-state index in [0.29, 0.717) is 5.75 Å². The van der Waals surface area contributed by atoms with Crippen LogP contribution in [0.4, 0.5) is 0 Å². The van der Waals surface area contributed by atoms with Crippen molar-refractivity contribution in [1.82, 2.24) is 0 Å². The number of hydrogen-bond acceptors (Lipinski definition) is 5. The van der Waals surface area contributed by atoms with Crippen LogP contribution in [0.5, 0.6) is 11.5 Å². The molecule has 0 saturated heterocycles. The van der Waals surface area contributed by atoms with Crippen LogP contribution >= 0.6 is 11.6 Å². The SMILES string of the molecule is COC(=O)c1ccc(OC)cc1OCC(O)CCl. The summed E-state index contributed by atoms with van der Waals surface area (Å²) in [7, 11) is 2.79. The Hall–Kier alpha value is -1.46. The van der Waals surface area contributed by atoms with Gasteiger partial charge < -0.3 is 19.3 Å². The number of aliphatic hydroxyl groups excluding tert-OH is 1. The molecule has 0 radical (unpaired) electrons. The van der Waals surface area contributed by atoms with Crippen molar-refractivity contribution in [2.24, 2.45) is 0 Å². The van der Waals surface area contributed by atoms with E-state index in [1.54, 1.807) is 12.1 Å². The highest BCUT2D eigenvalue weighted by Crippen LogP contribution is 2.25. The molecular weight excluding hydrogens is 260 g/mol. The second-order valence-electron chi connectivity index (χ2n) is 3.47. The van der Waals surface area contributed by atoms with Crippen molar-refractivity contribution in [3.63, 3.8) is 0 Å². The molecule has 0 aliphatic rings. The Balaban J connectivity index is 2.93. The van der Waals surface area contributed by atoms with Gasteiger partial charge in [0.05, 0.1) is 20.1 Å². The van der Waals surface area contributed by atoms with Gasteiger partial charge in [0.15, 0.2) is 0 Å². The first-order valence-electron chi connectivity index (χ1n) is 5.25. The molecule has 1 rings (SSSR count). The van der Waals surface area contributed by atoms with E-state index in [1.807, 2.05) is 0 Å². The Morgan fingerprint density at radius 3 is 2.72 bits per heavy atom. The number of carbonyl (C=O) groups excluding carboxylic acids is 1. The van der Waals surface area contributed by atoms with Crippen molar-refractivity contribution in [3.05, 3.63) is 23.8 Å². The normalized spacial score (nSPS) is 11.8. The Bertz CT molecular complexity index is 407. The number of methoxy groups -OCH3 is 2. The lowest BCUT2D eigenvalue weighted by atomic mass is 10.2. The molecule has 0 aliphatic heterocycles. The number of aliphatic hydroxyl groups is 1. The van der Waals surface area contributed by atoms with Crippen LogP contribution in [0.25, 0.3) is 0 Å². The molecule has 1 N–H and O–H groups in total. The van der Waals surface area contributed by atoms with Gasteiger partial charge in [0.1, 0.15) is 29.8 Å². The molecule has 0 bridgehead atoms. The van der Waals surface area contributed by atoms with E-state index in [-0.39, 0.29) is 23.8 Å². The first kappa shape index (κ1) is 14.6. The molecule has 1 atom stereocenters. The molecule has 0 aromatic heterocycles. The minimum absolute atomic E-state index is 0.0132.